The predicted octanol–water partition coefficient (Wildman–Crippen LogP) is 1.53. The summed E-state index contributed by atoms with van der Waals surface area (Å²) >= 11 is 0. The van der Waals surface area contributed by atoms with Crippen LogP contribution >= 0.6 is 0 Å². The van der Waals surface area contributed by atoms with E-state index in [9.17, 15) is 13.6 Å². The molecule has 2 N–H and O–H groups in total. The second-order valence-electron chi connectivity index (χ2n) is 4.26. The molecule has 0 saturated carbocycles. The van der Waals surface area contributed by atoms with Crippen molar-refractivity contribution in [2.75, 3.05) is 26.8 Å². The molecule has 0 aliphatic heterocycles. The minimum atomic E-state index is -2.85. The van der Waals surface area contributed by atoms with Crippen molar-refractivity contribution in [3.05, 3.63) is 29.8 Å². The molecule has 0 spiro atoms. The van der Waals surface area contributed by atoms with E-state index in [1.165, 1.54) is 6.07 Å². The molecule has 21 heavy (non-hydrogen) atoms. The first kappa shape index (κ1) is 17.3. The zero-order valence-corrected chi connectivity index (χ0v) is 11.9. The van der Waals surface area contributed by atoms with Crippen LogP contribution in [-0.4, -0.2) is 39.3 Å². The van der Waals surface area contributed by atoms with Gasteiger partial charge in [0.15, 0.2) is 0 Å². The second-order valence-corrected chi connectivity index (χ2v) is 4.26. The number of amides is 1. The normalized spacial score (nSPS) is 10.7. The monoisotopic (exact) mass is 302 g/mol. The van der Waals surface area contributed by atoms with Gasteiger partial charge in [-0.1, -0.05) is 18.2 Å². The van der Waals surface area contributed by atoms with E-state index in [-0.39, 0.29) is 11.7 Å². The first-order valence-electron chi connectivity index (χ1n) is 6.62. The molecule has 1 aromatic carbocycles. The number of alkyl halides is 2. The van der Waals surface area contributed by atoms with Crippen LogP contribution in [0.2, 0.25) is 0 Å². The molecule has 5 nitrogen and oxygen atoms in total. The minimum Gasteiger partial charge on any atom is -0.434 e. The Morgan fingerprint density at radius 2 is 2.05 bits per heavy atom. The summed E-state index contributed by atoms with van der Waals surface area (Å²) in [6.45, 7) is -1.11. The summed E-state index contributed by atoms with van der Waals surface area (Å²) in [5.74, 6) is 0.0567. The van der Waals surface area contributed by atoms with E-state index in [1.807, 2.05) is 0 Å². The van der Waals surface area contributed by atoms with Crippen LogP contribution < -0.4 is 15.4 Å². The average Bonchev–Trinajstić information content (AvgIpc) is 2.45. The number of nitrogens with one attached hydrogen (secondary N) is 2. The van der Waals surface area contributed by atoms with Gasteiger partial charge in [-0.15, -0.1) is 0 Å². The van der Waals surface area contributed by atoms with Crippen LogP contribution in [0.25, 0.3) is 0 Å². The summed E-state index contributed by atoms with van der Waals surface area (Å²) in [7, 11) is 1.56. The van der Waals surface area contributed by atoms with Gasteiger partial charge in [-0.3, -0.25) is 4.79 Å². The fraction of sp³-hybridized carbons (Fsp3) is 0.500. The molecule has 0 aromatic heterocycles. The standard InChI is InChI=1S/C14H20F2N2O3/c1-20-9-8-18-13(19)6-7-17-10-11-4-2-3-5-12(11)21-14(15)16/h2-5,14,17H,6-10H2,1H3,(H,18,19). The van der Waals surface area contributed by atoms with E-state index < -0.39 is 6.61 Å². The first-order chi connectivity index (χ1) is 10.1. The number of methoxy groups -OCH3 is 1. The van der Waals surface area contributed by atoms with Gasteiger partial charge in [0.2, 0.25) is 5.91 Å². The van der Waals surface area contributed by atoms with Crippen molar-refractivity contribution in [2.24, 2.45) is 0 Å². The van der Waals surface area contributed by atoms with Crippen molar-refractivity contribution in [2.45, 2.75) is 19.6 Å². The van der Waals surface area contributed by atoms with Gasteiger partial charge in [0, 0.05) is 38.7 Å². The molecule has 118 valence electrons. The maximum absolute atomic E-state index is 12.2. The number of hydrogen-bond donors (Lipinski definition) is 2. The first-order valence-corrected chi connectivity index (χ1v) is 6.62. The van der Waals surface area contributed by atoms with Gasteiger partial charge in [-0.05, 0) is 6.07 Å². The maximum Gasteiger partial charge on any atom is 0.387 e. The zero-order chi connectivity index (χ0) is 15.5. The lowest BCUT2D eigenvalue weighted by Crippen LogP contribution is -2.30. The Hall–Kier alpha value is -1.73. The minimum absolute atomic E-state index is 0.0864. The summed E-state index contributed by atoms with van der Waals surface area (Å²) < 4.78 is 33.7. The second kappa shape index (κ2) is 10.1. The van der Waals surface area contributed by atoms with Crippen molar-refractivity contribution >= 4 is 5.91 Å². The molecule has 0 aliphatic carbocycles. The lowest BCUT2D eigenvalue weighted by atomic mass is 10.2. The Morgan fingerprint density at radius 1 is 1.29 bits per heavy atom. The lowest BCUT2D eigenvalue weighted by molar-refractivity contribution is -0.121. The maximum atomic E-state index is 12.2. The highest BCUT2D eigenvalue weighted by Gasteiger charge is 2.08. The van der Waals surface area contributed by atoms with Crippen LogP contribution in [0.4, 0.5) is 8.78 Å². The van der Waals surface area contributed by atoms with Gasteiger partial charge in [0.05, 0.1) is 6.61 Å². The third-order valence-corrected chi connectivity index (χ3v) is 2.66. The molecule has 0 heterocycles. The lowest BCUT2D eigenvalue weighted by Gasteiger charge is -2.11. The largest absolute Gasteiger partial charge is 0.434 e. The van der Waals surface area contributed by atoms with Crippen molar-refractivity contribution in [3.63, 3.8) is 0 Å². The molecule has 1 amide bonds. The van der Waals surface area contributed by atoms with Crippen LogP contribution in [0.15, 0.2) is 24.3 Å². The highest BCUT2D eigenvalue weighted by Crippen LogP contribution is 2.19. The molecule has 7 heteroatoms. The van der Waals surface area contributed by atoms with E-state index in [0.717, 1.165) is 0 Å². The van der Waals surface area contributed by atoms with E-state index in [4.69, 9.17) is 4.74 Å². The van der Waals surface area contributed by atoms with E-state index in [0.29, 0.717) is 38.2 Å². The molecule has 0 fully saturated rings. The number of para-hydroxylation sites is 1. The molecule has 0 saturated heterocycles. The molecule has 0 bridgehead atoms. The number of rotatable bonds is 10. The molecule has 0 radical (unpaired) electrons. The van der Waals surface area contributed by atoms with Gasteiger partial charge < -0.3 is 20.1 Å². The van der Waals surface area contributed by atoms with Gasteiger partial charge in [-0.2, -0.15) is 8.78 Å². The average molecular weight is 302 g/mol. The Bertz CT molecular complexity index is 430. The SMILES string of the molecule is COCCNC(=O)CCNCc1ccccc1OC(F)F. The van der Waals surface area contributed by atoms with Gasteiger partial charge in [0.1, 0.15) is 5.75 Å². The molecular formula is C14H20F2N2O3. The summed E-state index contributed by atoms with van der Waals surface area (Å²) in [5.41, 5.74) is 0.623. The third kappa shape index (κ3) is 7.57. The zero-order valence-electron chi connectivity index (χ0n) is 11.9. The van der Waals surface area contributed by atoms with E-state index in [2.05, 4.69) is 15.4 Å². The fourth-order valence-electron chi connectivity index (χ4n) is 1.67. The topological polar surface area (TPSA) is 59.6 Å². The summed E-state index contributed by atoms with van der Waals surface area (Å²) in [6, 6.07) is 6.56. The van der Waals surface area contributed by atoms with Gasteiger partial charge in [0.25, 0.3) is 0 Å². The Kier molecular flexibility index (Phi) is 8.30. The van der Waals surface area contributed by atoms with E-state index >= 15 is 0 Å². The number of carbonyl (C=O) groups is 1. The van der Waals surface area contributed by atoms with E-state index in [1.54, 1.807) is 25.3 Å². The van der Waals surface area contributed by atoms with Gasteiger partial charge in [-0.25, -0.2) is 0 Å². The highest BCUT2D eigenvalue weighted by molar-refractivity contribution is 5.76. The number of halogens is 2. The van der Waals surface area contributed by atoms with Crippen molar-refractivity contribution in [1.82, 2.24) is 10.6 Å². The summed E-state index contributed by atoms with van der Waals surface area (Å²) in [6.07, 6.45) is 0.307. The molecule has 1 rings (SSSR count). The van der Waals surface area contributed by atoms with Crippen molar-refractivity contribution in [3.8, 4) is 5.75 Å². The highest BCUT2D eigenvalue weighted by atomic mass is 19.3. The molecule has 1 aromatic rings. The number of hydrogen-bond acceptors (Lipinski definition) is 4. The summed E-state index contributed by atoms with van der Waals surface area (Å²) in [5, 5.41) is 5.71. The van der Waals surface area contributed by atoms with Crippen LogP contribution in [0.5, 0.6) is 5.75 Å². The third-order valence-electron chi connectivity index (χ3n) is 2.66. The van der Waals surface area contributed by atoms with Crippen LogP contribution in [0, 0.1) is 0 Å². The predicted molar refractivity (Wildman–Crippen MR) is 74.3 cm³/mol. The fourth-order valence-corrected chi connectivity index (χ4v) is 1.67. The number of ether oxygens (including phenoxy) is 2. The Balaban J connectivity index is 2.28. The van der Waals surface area contributed by atoms with Gasteiger partial charge >= 0.3 is 6.61 Å². The molecule has 0 atom stereocenters. The molecular weight excluding hydrogens is 282 g/mol. The number of benzene rings is 1. The smallest absolute Gasteiger partial charge is 0.387 e. The summed E-state index contributed by atoms with van der Waals surface area (Å²) in [4.78, 5) is 11.4. The van der Waals surface area contributed by atoms with Crippen LogP contribution in [0.3, 0.4) is 0 Å². The number of carbonyl (C=O) groups excluding carboxylic acids is 1. The Morgan fingerprint density at radius 3 is 2.76 bits per heavy atom. The quantitative estimate of drug-likeness (QED) is 0.644. The van der Waals surface area contributed by atoms with Crippen LogP contribution in [0.1, 0.15) is 12.0 Å². The van der Waals surface area contributed by atoms with Crippen LogP contribution in [-0.2, 0) is 16.1 Å². The Labute approximate surface area is 122 Å². The molecule has 0 unspecified atom stereocenters. The van der Waals surface area contributed by atoms with Crippen molar-refractivity contribution in [1.29, 1.82) is 0 Å². The van der Waals surface area contributed by atoms with Crippen molar-refractivity contribution < 1.29 is 23.0 Å². The molecule has 0 aliphatic rings.